The predicted octanol–water partition coefficient (Wildman–Crippen LogP) is 0.593. The van der Waals surface area contributed by atoms with E-state index in [9.17, 15) is 4.79 Å². The van der Waals surface area contributed by atoms with Gasteiger partial charge in [0.2, 0.25) is 0 Å². The Morgan fingerprint density at radius 3 is 2.25 bits per heavy atom. The van der Waals surface area contributed by atoms with E-state index in [0.717, 1.165) is 0 Å². The topological polar surface area (TPSA) is 38.3 Å². The quantitative estimate of drug-likeness (QED) is 0.530. The van der Waals surface area contributed by atoms with Gasteiger partial charge >= 0.3 is 6.09 Å². The molecule has 0 aliphatic heterocycles. The zero-order chi connectivity index (χ0) is 6.57. The molecule has 1 N–H and O–H groups in total. The van der Waals surface area contributed by atoms with Gasteiger partial charge in [0.25, 0.3) is 0 Å². The molecule has 1 radical (unpaired) electrons. The van der Waals surface area contributed by atoms with Crippen LogP contribution in [0.25, 0.3) is 0 Å². The smallest absolute Gasteiger partial charge is 0.398 e. The Morgan fingerprint density at radius 1 is 1.62 bits per heavy atom. The lowest BCUT2D eigenvalue weighted by molar-refractivity contribution is 0.177. The highest BCUT2D eigenvalue weighted by atomic mass is 28.3. The molecule has 0 aromatic rings. The van der Waals surface area contributed by atoms with Gasteiger partial charge in [0.05, 0.1) is 7.11 Å². The lowest BCUT2D eigenvalue weighted by atomic mass is 11.2. The molecule has 3 nitrogen and oxygen atoms in total. The number of amides is 1. The molecule has 1 amide bonds. The summed E-state index contributed by atoms with van der Waals surface area (Å²) in [5.41, 5.74) is 0. The van der Waals surface area contributed by atoms with E-state index in [1.54, 1.807) is 0 Å². The Bertz CT molecular complexity index is 84.1. The lowest BCUT2D eigenvalue weighted by Crippen LogP contribution is -2.33. The number of nitrogens with one attached hydrogen (secondary N) is 1. The molecule has 0 unspecified atom stereocenters. The standard InChI is InChI=1S/C4H10NO2Si/c1-7-4(6)5-8(2)3/h1-3H3,(H,5,6). The van der Waals surface area contributed by atoms with Crippen LogP contribution in [-0.4, -0.2) is 22.2 Å². The molecule has 0 atom stereocenters. The van der Waals surface area contributed by atoms with Crippen molar-refractivity contribution in [2.24, 2.45) is 0 Å². The first-order chi connectivity index (χ1) is 3.66. The minimum absolute atomic E-state index is 0.330. The van der Waals surface area contributed by atoms with Gasteiger partial charge in [0.1, 0.15) is 0 Å². The summed E-state index contributed by atoms with van der Waals surface area (Å²) < 4.78 is 4.34. The summed E-state index contributed by atoms with van der Waals surface area (Å²) in [6, 6.07) is 0. The van der Waals surface area contributed by atoms with E-state index in [2.05, 4.69) is 9.72 Å². The van der Waals surface area contributed by atoms with Gasteiger partial charge in [-0.1, -0.05) is 13.1 Å². The molecule has 4 heteroatoms. The van der Waals surface area contributed by atoms with Crippen molar-refractivity contribution in [3.63, 3.8) is 0 Å². The Morgan fingerprint density at radius 2 is 2.12 bits per heavy atom. The zero-order valence-electron chi connectivity index (χ0n) is 5.32. The number of hydrogen-bond acceptors (Lipinski definition) is 2. The van der Waals surface area contributed by atoms with Crippen LogP contribution in [0.5, 0.6) is 0 Å². The monoisotopic (exact) mass is 132 g/mol. The van der Waals surface area contributed by atoms with E-state index in [1.165, 1.54) is 7.11 Å². The molecule has 8 heavy (non-hydrogen) atoms. The van der Waals surface area contributed by atoms with Crippen LogP contribution in [0.4, 0.5) is 4.79 Å². The number of carbonyl (C=O) groups excluding carboxylic acids is 1. The van der Waals surface area contributed by atoms with E-state index in [-0.39, 0.29) is 6.09 Å². The molecule has 0 bridgehead atoms. The molecule has 0 rings (SSSR count). The average molecular weight is 132 g/mol. The molecule has 0 spiro atoms. The first-order valence-corrected chi connectivity index (χ1v) is 4.82. The second kappa shape index (κ2) is 3.48. The molecule has 0 aliphatic carbocycles. The third-order valence-electron chi connectivity index (χ3n) is 0.537. The summed E-state index contributed by atoms with van der Waals surface area (Å²) in [7, 11) is 0.691. The van der Waals surface area contributed by atoms with Crippen LogP contribution < -0.4 is 4.98 Å². The predicted molar refractivity (Wildman–Crippen MR) is 33.0 cm³/mol. The summed E-state index contributed by atoms with van der Waals surface area (Å²) in [6.07, 6.45) is -0.330. The highest BCUT2D eigenvalue weighted by molar-refractivity contribution is 6.55. The number of methoxy groups -OCH3 is 1. The van der Waals surface area contributed by atoms with E-state index >= 15 is 0 Å². The highest BCUT2D eigenvalue weighted by Crippen LogP contribution is 1.74. The minimum atomic E-state index is -0.670. The third-order valence-corrected chi connectivity index (χ3v) is 1.24. The number of hydrogen-bond donors (Lipinski definition) is 1. The van der Waals surface area contributed by atoms with Crippen LogP contribution in [0.2, 0.25) is 13.1 Å². The third kappa shape index (κ3) is 3.67. The van der Waals surface area contributed by atoms with Crippen molar-refractivity contribution in [2.75, 3.05) is 7.11 Å². The summed E-state index contributed by atoms with van der Waals surface area (Å²) in [6.45, 7) is 3.95. The van der Waals surface area contributed by atoms with Crippen molar-refractivity contribution in [2.45, 2.75) is 13.1 Å². The number of carbonyl (C=O) groups is 1. The number of ether oxygens (including phenoxy) is 1. The fraction of sp³-hybridized carbons (Fsp3) is 0.750. The van der Waals surface area contributed by atoms with Crippen LogP contribution >= 0.6 is 0 Å². The van der Waals surface area contributed by atoms with Gasteiger partial charge in [-0.2, -0.15) is 0 Å². The fourth-order valence-electron chi connectivity index (χ4n) is 0.255. The zero-order valence-corrected chi connectivity index (χ0v) is 6.32. The van der Waals surface area contributed by atoms with Gasteiger partial charge in [-0.15, -0.1) is 0 Å². The largest absolute Gasteiger partial charge is 0.453 e. The molecule has 47 valence electrons. The van der Waals surface area contributed by atoms with Gasteiger partial charge in [0.15, 0.2) is 8.96 Å². The maximum Gasteiger partial charge on any atom is 0.398 e. The lowest BCUT2D eigenvalue weighted by Gasteiger charge is -2.02. The highest BCUT2D eigenvalue weighted by Gasteiger charge is 2.00. The molecule has 0 saturated heterocycles. The Hall–Kier alpha value is -0.513. The molecule has 0 heterocycles. The first-order valence-electron chi connectivity index (χ1n) is 2.32. The van der Waals surface area contributed by atoms with Crippen molar-refractivity contribution in [3.8, 4) is 0 Å². The van der Waals surface area contributed by atoms with Gasteiger partial charge in [-0.25, -0.2) is 4.79 Å². The van der Waals surface area contributed by atoms with Crippen molar-refractivity contribution in [3.05, 3.63) is 0 Å². The molecule has 0 saturated carbocycles. The summed E-state index contributed by atoms with van der Waals surface area (Å²) in [4.78, 5) is 12.9. The molecular weight excluding hydrogens is 122 g/mol. The summed E-state index contributed by atoms with van der Waals surface area (Å²) >= 11 is 0. The van der Waals surface area contributed by atoms with Gasteiger partial charge in [-0.3, -0.25) is 0 Å². The molecule has 0 aromatic heterocycles. The van der Waals surface area contributed by atoms with Crippen LogP contribution in [0, 0.1) is 0 Å². The van der Waals surface area contributed by atoms with E-state index in [0.29, 0.717) is 0 Å². The van der Waals surface area contributed by atoms with E-state index in [4.69, 9.17) is 0 Å². The van der Waals surface area contributed by atoms with Gasteiger partial charge in [0, 0.05) is 0 Å². The Balaban J connectivity index is 3.25. The van der Waals surface area contributed by atoms with Gasteiger partial charge in [-0.05, 0) is 0 Å². The summed E-state index contributed by atoms with van der Waals surface area (Å²) in [5.74, 6) is 0. The minimum Gasteiger partial charge on any atom is -0.453 e. The van der Waals surface area contributed by atoms with E-state index < -0.39 is 8.96 Å². The second-order valence-corrected chi connectivity index (χ2v) is 3.87. The average Bonchev–Trinajstić information content (AvgIpc) is 1.65. The van der Waals surface area contributed by atoms with Gasteiger partial charge < -0.3 is 9.72 Å². The van der Waals surface area contributed by atoms with Crippen LogP contribution in [0.3, 0.4) is 0 Å². The van der Waals surface area contributed by atoms with Crippen molar-refractivity contribution in [1.29, 1.82) is 0 Å². The van der Waals surface area contributed by atoms with Crippen molar-refractivity contribution >= 4 is 15.1 Å². The second-order valence-electron chi connectivity index (χ2n) is 1.62. The SMILES string of the molecule is COC(=O)N[Si](C)C. The number of rotatable bonds is 1. The van der Waals surface area contributed by atoms with Crippen LogP contribution in [-0.2, 0) is 4.74 Å². The van der Waals surface area contributed by atoms with E-state index in [1.807, 2.05) is 13.1 Å². The molecule has 0 fully saturated rings. The first kappa shape index (κ1) is 7.49. The van der Waals surface area contributed by atoms with Crippen molar-refractivity contribution in [1.82, 2.24) is 4.98 Å². The fourth-order valence-corrected chi connectivity index (χ4v) is 0.765. The normalized spacial score (nSPS) is 9.00. The molecular formula is C4H10NO2Si. The molecule has 0 aromatic carbocycles. The summed E-state index contributed by atoms with van der Waals surface area (Å²) in [5, 5.41) is 0. The Labute approximate surface area is 50.7 Å². The maximum atomic E-state index is 10.3. The molecule has 0 aliphatic rings. The van der Waals surface area contributed by atoms with Crippen molar-refractivity contribution < 1.29 is 9.53 Å². The van der Waals surface area contributed by atoms with Crippen LogP contribution in [0.1, 0.15) is 0 Å². The Kier molecular flexibility index (Phi) is 3.26. The van der Waals surface area contributed by atoms with Crippen LogP contribution in [0.15, 0.2) is 0 Å². The maximum absolute atomic E-state index is 10.3.